The largest absolute Gasteiger partial charge is 0.409 e. The highest BCUT2D eigenvalue weighted by Crippen LogP contribution is 2.06. The Labute approximate surface area is 101 Å². The second kappa shape index (κ2) is 5.65. The van der Waals surface area contributed by atoms with Crippen molar-refractivity contribution in [3.63, 3.8) is 0 Å². The summed E-state index contributed by atoms with van der Waals surface area (Å²) in [5, 5.41) is 10.2. The molecule has 102 valence electrons. The highest BCUT2D eigenvalue weighted by molar-refractivity contribution is 8.06. The monoisotopic (exact) mass is 287 g/mol. The van der Waals surface area contributed by atoms with Gasteiger partial charge in [0.2, 0.25) is 10.0 Å². The van der Waals surface area contributed by atoms with Crippen molar-refractivity contribution in [1.29, 1.82) is 0 Å². The SMILES string of the molecule is CC(CN(C)S(=O)(=O)CS(C)(=O)=O)C(N)=NO. The average Bonchev–Trinajstić information content (AvgIpc) is 2.12. The molecule has 0 saturated heterocycles. The van der Waals surface area contributed by atoms with Crippen LogP contribution in [-0.2, 0) is 19.9 Å². The maximum atomic E-state index is 11.6. The lowest BCUT2D eigenvalue weighted by atomic mass is 10.2. The number of sulfonamides is 1. The van der Waals surface area contributed by atoms with Crippen molar-refractivity contribution in [3.05, 3.63) is 0 Å². The van der Waals surface area contributed by atoms with Crippen molar-refractivity contribution in [2.24, 2.45) is 16.8 Å². The molecule has 0 aromatic heterocycles. The van der Waals surface area contributed by atoms with Crippen molar-refractivity contribution < 1.29 is 22.0 Å². The Morgan fingerprint density at radius 1 is 1.41 bits per heavy atom. The number of oxime groups is 1. The van der Waals surface area contributed by atoms with Crippen molar-refractivity contribution in [2.45, 2.75) is 6.92 Å². The first-order chi connectivity index (χ1) is 7.49. The lowest BCUT2D eigenvalue weighted by Crippen LogP contribution is -2.38. The van der Waals surface area contributed by atoms with Crippen LogP contribution in [0.1, 0.15) is 6.92 Å². The Balaban J connectivity index is 4.78. The molecule has 0 aliphatic heterocycles. The Morgan fingerprint density at radius 2 is 1.88 bits per heavy atom. The highest BCUT2D eigenvalue weighted by Gasteiger charge is 2.25. The number of hydrogen-bond donors (Lipinski definition) is 2. The molecule has 1 unspecified atom stereocenters. The zero-order valence-corrected chi connectivity index (χ0v) is 11.5. The van der Waals surface area contributed by atoms with E-state index >= 15 is 0 Å². The Hall–Kier alpha value is -0.870. The topological polar surface area (TPSA) is 130 Å². The zero-order chi connectivity index (χ0) is 13.9. The summed E-state index contributed by atoms with van der Waals surface area (Å²) in [6, 6.07) is 0. The van der Waals surface area contributed by atoms with E-state index in [1.54, 1.807) is 6.92 Å². The number of rotatable bonds is 6. The molecular weight excluding hydrogens is 270 g/mol. The molecule has 3 N–H and O–H groups in total. The molecule has 0 spiro atoms. The molecule has 0 rings (SSSR count). The third kappa shape index (κ3) is 5.84. The predicted molar refractivity (Wildman–Crippen MR) is 63.8 cm³/mol. The third-order valence-electron chi connectivity index (χ3n) is 1.99. The second-order valence-corrected chi connectivity index (χ2v) is 8.44. The van der Waals surface area contributed by atoms with Gasteiger partial charge >= 0.3 is 0 Å². The molecule has 0 radical (unpaired) electrons. The van der Waals surface area contributed by atoms with Gasteiger partial charge < -0.3 is 10.9 Å². The van der Waals surface area contributed by atoms with Gasteiger partial charge in [-0.25, -0.2) is 21.1 Å². The van der Waals surface area contributed by atoms with Crippen molar-refractivity contribution >= 4 is 25.7 Å². The van der Waals surface area contributed by atoms with Crippen LogP contribution >= 0.6 is 0 Å². The Bertz CT molecular complexity index is 482. The molecule has 0 aliphatic rings. The van der Waals surface area contributed by atoms with Gasteiger partial charge in [0.1, 0.15) is 5.84 Å². The van der Waals surface area contributed by atoms with Crippen LogP contribution in [0.25, 0.3) is 0 Å². The van der Waals surface area contributed by atoms with Crippen LogP contribution in [0.5, 0.6) is 0 Å². The number of nitrogens with zero attached hydrogens (tertiary/aromatic N) is 2. The van der Waals surface area contributed by atoms with Crippen molar-refractivity contribution in [2.75, 3.05) is 24.9 Å². The quantitative estimate of drug-likeness (QED) is 0.268. The van der Waals surface area contributed by atoms with Gasteiger partial charge in [-0.1, -0.05) is 12.1 Å². The van der Waals surface area contributed by atoms with Crippen molar-refractivity contribution in [3.8, 4) is 0 Å². The summed E-state index contributed by atoms with van der Waals surface area (Å²) in [6.45, 7) is 1.50. The summed E-state index contributed by atoms with van der Waals surface area (Å²) in [4.78, 5) is 0. The van der Waals surface area contributed by atoms with E-state index in [9.17, 15) is 16.8 Å². The van der Waals surface area contributed by atoms with Crippen LogP contribution in [0.15, 0.2) is 5.16 Å². The molecule has 0 amide bonds. The predicted octanol–water partition coefficient (Wildman–Crippen LogP) is -1.37. The minimum atomic E-state index is -3.90. The van der Waals surface area contributed by atoms with E-state index in [-0.39, 0.29) is 12.4 Å². The maximum Gasteiger partial charge on any atom is 0.228 e. The summed E-state index contributed by atoms with van der Waals surface area (Å²) in [5.41, 5.74) is 5.30. The van der Waals surface area contributed by atoms with Crippen LogP contribution in [-0.4, -0.2) is 57.1 Å². The zero-order valence-electron chi connectivity index (χ0n) is 9.86. The van der Waals surface area contributed by atoms with Gasteiger partial charge in [-0.2, -0.15) is 0 Å². The number of sulfone groups is 1. The molecule has 1 atom stereocenters. The summed E-state index contributed by atoms with van der Waals surface area (Å²) in [6.07, 6.45) is 0.839. The van der Waals surface area contributed by atoms with E-state index in [0.29, 0.717) is 0 Å². The van der Waals surface area contributed by atoms with Gasteiger partial charge in [0.25, 0.3) is 0 Å². The van der Waals surface area contributed by atoms with Gasteiger partial charge in [-0.15, -0.1) is 0 Å². The summed E-state index contributed by atoms with van der Waals surface area (Å²) < 4.78 is 45.9. The molecule has 17 heavy (non-hydrogen) atoms. The molecule has 0 saturated carbocycles. The maximum absolute atomic E-state index is 11.6. The van der Waals surface area contributed by atoms with Crippen LogP contribution in [0.4, 0.5) is 0 Å². The lowest BCUT2D eigenvalue weighted by Gasteiger charge is -2.19. The molecule has 0 aromatic rings. The van der Waals surface area contributed by atoms with Gasteiger partial charge in [0, 0.05) is 25.8 Å². The van der Waals surface area contributed by atoms with Crippen LogP contribution in [0, 0.1) is 5.92 Å². The van der Waals surface area contributed by atoms with E-state index in [2.05, 4.69) is 5.16 Å². The average molecular weight is 287 g/mol. The van der Waals surface area contributed by atoms with E-state index in [1.165, 1.54) is 7.05 Å². The van der Waals surface area contributed by atoms with E-state index in [0.717, 1.165) is 10.6 Å². The van der Waals surface area contributed by atoms with Gasteiger partial charge in [0.05, 0.1) is 0 Å². The van der Waals surface area contributed by atoms with E-state index < -0.39 is 30.9 Å². The standard InChI is InChI=1S/C7H17N3O5S2/c1-6(7(8)9-11)4-10(2)17(14,15)5-16(3,12)13/h6,11H,4-5H2,1-3H3,(H2,8,9). The van der Waals surface area contributed by atoms with Gasteiger partial charge in [0.15, 0.2) is 14.9 Å². The van der Waals surface area contributed by atoms with Gasteiger partial charge in [-0.05, 0) is 0 Å². The Kier molecular flexibility index (Phi) is 5.36. The fourth-order valence-corrected chi connectivity index (χ4v) is 4.39. The first-order valence-electron chi connectivity index (χ1n) is 4.58. The minimum absolute atomic E-state index is 0.0618. The van der Waals surface area contributed by atoms with Crippen LogP contribution in [0.3, 0.4) is 0 Å². The third-order valence-corrected chi connectivity index (χ3v) is 5.99. The van der Waals surface area contributed by atoms with E-state index in [4.69, 9.17) is 10.9 Å². The molecular formula is C7H17N3O5S2. The highest BCUT2D eigenvalue weighted by atomic mass is 32.3. The molecule has 0 heterocycles. The molecule has 8 nitrogen and oxygen atoms in total. The molecule has 0 fully saturated rings. The first kappa shape index (κ1) is 16.1. The summed E-state index contributed by atoms with van der Waals surface area (Å²) in [7, 11) is -6.29. The first-order valence-corrected chi connectivity index (χ1v) is 8.25. The summed E-state index contributed by atoms with van der Waals surface area (Å²) in [5.74, 6) is -0.634. The molecule has 0 aliphatic carbocycles. The molecule has 0 aromatic carbocycles. The number of nitrogens with two attached hydrogens (primary N) is 1. The fraction of sp³-hybridized carbons (Fsp3) is 0.857. The van der Waals surface area contributed by atoms with Crippen molar-refractivity contribution in [1.82, 2.24) is 4.31 Å². The molecule has 0 bridgehead atoms. The molecule has 10 heteroatoms. The summed E-state index contributed by atoms with van der Waals surface area (Å²) >= 11 is 0. The Morgan fingerprint density at radius 3 is 2.24 bits per heavy atom. The van der Waals surface area contributed by atoms with Crippen LogP contribution < -0.4 is 5.73 Å². The lowest BCUT2D eigenvalue weighted by molar-refractivity contribution is 0.312. The fourth-order valence-electron chi connectivity index (χ4n) is 1.05. The smallest absolute Gasteiger partial charge is 0.228 e. The second-order valence-electron chi connectivity index (χ2n) is 3.86. The van der Waals surface area contributed by atoms with Crippen LogP contribution in [0.2, 0.25) is 0 Å². The minimum Gasteiger partial charge on any atom is -0.409 e. The number of hydrogen-bond acceptors (Lipinski definition) is 6. The van der Waals surface area contributed by atoms with Gasteiger partial charge in [-0.3, -0.25) is 0 Å². The normalized spacial score (nSPS) is 16.1. The number of amidine groups is 1. The van der Waals surface area contributed by atoms with E-state index in [1.807, 2.05) is 0 Å².